The molecule has 21 heavy (non-hydrogen) atoms. The Bertz CT molecular complexity index is 780. The SMILES string of the molecule is COC1=CC(C)c2c(c(OC)c3occ(C)c3c2C)C1=O. The van der Waals surface area contributed by atoms with Crippen LogP contribution in [0.5, 0.6) is 5.75 Å². The summed E-state index contributed by atoms with van der Waals surface area (Å²) in [5.41, 5.74) is 4.30. The smallest absolute Gasteiger partial charge is 0.231 e. The summed E-state index contributed by atoms with van der Waals surface area (Å²) in [4.78, 5) is 12.7. The number of ketones is 1. The minimum absolute atomic E-state index is 0.0836. The molecule has 4 heteroatoms. The predicted molar refractivity (Wildman–Crippen MR) is 80.1 cm³/mol. The summed E-state index contributed by atoms with van der Waals surface area (Å²) in [5, 5.41) is 1.03. The summed E-state index contributed by atoms with van der Waals surface area (Å²) >= 11 is 0. The van der Waals surface area contributed by atoms with Gasteiger partial charge in [0.2, 0.25) is 5.78 Å². The van der Waals surface area contributed by atoms with Crippen molar-refractivity contribution >= 4 is 16.8 Å². The molecule has 3 rings (SSSR count). The zero-order valence-corrected chi connectivity index (χ0v) is 12.9. The second kappa shape index (κ2) is 4.65. The number of carbonyl (C=O) groups is 1. The number of aryl methyl sites for hydroxylation is 2. The number of carbonyl (C=O) groups excluding carboxylic acids is 1. The van der Waals surface area contributed by atoms with Crippen molar-refractivity contribution in [2.75, 3.05) is 14.2 Å². The van der Waals surface area contributed by atoms with Crippen LogP contribution in [0, 0.1) is 13.8 Å². The monoisotopic (exact) mass is 286 g/mol. The standard InChI is InChI=1S/C17H18O4/c1-8-6-11(19-4)15(18)14-12(8)10(3)13-9(2)7-21-17(13)16(14)20-5/h6-8H,1-5H3. The summed E-state index contributed by atoms with van der Waals surface area (Å²) in [6, 6.07) is 0. The van der Waals surface area contributed by atoms with Crippen LogP contribution in [-0.4, -0.2) is 20.0 Å². The fourth-order valence-corrected chi connectivity index (χ4v) is 3.29. The van der Waals surface area contributed by atoms with Gasteiger partial charge in [0, 0.05) is 11.3 Å². The second-order valence-corrected chi connectivity index (χ2v) is 5.42. The Hall–Kier alpha value is -2.23. The van der Waals surface area contributed by atoms with Crippen molar-refractivity contribution < 1.29 is 18.7 Å². The van der Waals surface area contributed by atoms with E-state index in [4.69, 9.17) is 13.9 Å². The Morgan fingerprint density at radius 1 is 1.19 bits per heavy atom. The molecular weight excluding hydrogens is 268 g/mol. The molecule has 1 aromatic carbocycles. The molecule has 2 aromatic rings. The van der Waals surface area contributed by atoms with Crippen molar-refractivity contribution in [2.45, 2.75) is 26.7 Å². The van der Waals surface area contributed by atoms with Crippen molar-refractivity contribution in [1.82, 2.24) is 0 Å². The predicted octanol–water partition coefficient (Wildman–Crippen LogP) is 3.89. The third-order valence-corrected chi connectivity index (χ3v) is 4.19. The van der Waals surface area contributed by atoms with Gasteiger partial charge in [-0.1, -0.05) is 6.92 Å². The van der Waals surface area contributed by atoms with Crippen LogP contribution < -0.4 is 4.74 Å². The highest BCUT2D eigenvalue weighted by molar-refractivity contribution is 6.15. The minimum Gasteiger partial charge on any atom is -0.493 e. The molecule has 0 aliphatic heterocycles. The molecule has 110 valence electrons. The van der Waals surface area contributed by atoms with E-state index in [1.165, 1.54) is 7.11 Å². The highest BCUT2D eigenvalue weighted by atomic mass is 16.5. The first-order chi connectivity index (χ1) is 10.0. The fraction of sp³-hybridized carbons (Fsp3) is 0.353. The normalized spacial score (nSPS) is 17.7. The number of hydrogen-bond acceptors (Lipinski definition) is 4. The highest BCUT2D eigenvalue weighted by Gasteiger charge is 2.33. The summed E-state index contributed by atoms with van der Waals surface area (Å²) < 4.78 is 16.4. The van der Waals surface area contributed by atoms with Gasteiger partial charge in [0.25, 0.3) is 0 Å². The molecule has 0 spiro atoms. The summed E-state index contributed by atoms with van der Waals surface area (Å²) in [6.07, 6.45) is 3.56. The fourth-order valence-electron chi connectivity index (χ4n) is 3.29. The van der Waals surface area contributed by atoms with Gasteiger partial charge in [-0.15, -0.1) is 0 Å². The number of ether oxygens (including phenoxy) is 2. The van der Waals surface area contributed by atoms with E-state index in [1.807, 2.05) is 19.9 Å². The van der Waals surface area contributed by atoms with E-state index in [-0.39, 0.29) is 11.7 Å². The summed E-state index contributed by atoms with van der Waals surface area (Å²) in [5.74, 6) is 0.787. The van der Waals surface area contributed by atoms with Crippen molar-refractivity contribution in [1.29, 1.82) is 0 Å². The Labute approximate surface area is 123 Å². The molecule has 1 heterocycles. The van der Waals surface area contributed by atoms with Crippen LogP contribution in [0.15, 0.2) is 22.5 Å². The van der Waals surface area contributed by atoms with Crippen LogP contribution in [0.3, 0.4) is 0 Å². The van der Waals surface area contributed by atoms with Crippen LogP contribution in [0.1, 0.15) is 39.9 Å². The third-order valence-electron chi connectivity index (χ3n) is 4.19. The maximum absolute atomic E-state index is 12.7. The lowest BCUT2D eigenvalue weighted by Crippen LogP contribution is -2.18. The minimum atomic E-state index is -0.151. The first-order valence-electron chi connectivity index (χ1n) is 6.90. The molecule has 1 unspecified atom stereocenters. The maximum Gasteiger partial charge on any atom is 0.231 e. The molecule has 4 nitrogen and oxygen atoms in total. The van der Waals surface area contributed by atoms with E-state index in [1.54, 1.807) is 13.4 Å². The van der Waals surface area contributed by atoms with Gasteiger partial charge in [0.1, 0.15) is 0 Å². The van der Waals surface area contributed by atoms with E-state index >= 15 is 0 Å². The zero-order chi connectivity index (χ0) is 15.3. The van der Waals surface area contributed by atoms with Gasteiger partial charge in [-0.3, -0.25) is 4.79 Å². The molecule has 0 amide bonds. The van der Waals surface area contributed by atoms with Gasteiger partial charge in [0.05, 0.1) is 26.0 Å². The van der Waals surface area contributed by atoms with Gasteiger partial charge in [-0.05, 0) is 36.6 Å². The Morgan fingerprint density at radius 2 is 1.90 bits per heavy atom. The average Bonchev–Trinajstić information content (AvgIpc) is 2.85. The number of Topliss-reactive ketones (excluding diaryl/α,β-unsaturated/α-hetero) is 1. The highest BCUT2D eigenvalue weighted by Crippen LogP contribution is 2.44. The third kappa shape index (κ3) is 1.71. The van der Waals surface area contributed by atoms with Crippen LogP contribution >= 0.6 is 0 Å². The van der Waals surface area contributed by atoms with Gasteiger partial charge < -0.3 is 13.9 Å². The molecule has 1 aliphatic rings. The zero-order valence-electron chi connectivity index (χ0n) is 12.9. The number of furan rings is 1. The lowest BCUT2D eigenvalue weighted by Gasteiger charge is -2.24. The van der Waals surface area contributed by atoms with E-state index in [2.05, 4.69) is 6.92 Å². The summed E-state index contributed by atoms with van der Waals surface area (Å²) in [7, 11) is 3.07. The number of benzene rings is 1. The topological polar surface area (TPSA) is 48.7 Å². The van der Waals surface area contributed by atoms with Gasteiger partial charge >= 0.3 is 0 Å². The summed E-state index contributed by atoms with van der Waals surface area (Å²) in [6.45, 7) is 6.08. The van der Waals surface area contributed by atoms with Crippen molar-refractivity contribution in [3.63, 3.8) is 0 Å². The Kier molecular flexibility index (Phi) is 3.04. The van der Waals surface area contributed by atoms with Crippen LogP contribution in [0.2, 0.25) is 0 Å². The number of rotatable bonds is 2. The van der Waals surface area contributed by atoms with E-state index in [9.17, 15) is 4.79 Å². The quantitative estimate of drug-likeness (QED) is 0.840. The first kappa shape index (κ1) is 13.7. The van der Waals surface area contributed by atoms with E-state index in [0.717, 1.165) is 22.1 Å². The molecule has 1 aromatic heterocycles. The largest absolute Gasteiger partial charge is 0.493 e. The first-order valence-corrected chi connectivity index (χ1v) is 6.90. The molecule has 1 atom stereocenters. The molecule has 0 saturated heterocycles. The lowest BCUT2D eigenvalue weighted by molar-refractivity contribution is 0.0943. The Balaban J connectivity index is 2.47. The molecular formula is C17H18O4. The Morgan fingerprint density at radius 3 is 2.52 bits per heavy atom. The number of allylic oxidation sites excluding steroid dienone is 2. The number of methoxy groups -OCH3 is 2. The van der Waals surface area contributed by atoms with E-state index in [0.29, 0.717) is 22.7 Å². The molecule has 0 N–H and O–H groups in total. The average molecular weight is 286 g/mol. The van der Waals surface area contributed by atoms with Crippen molar-refractivity contribution in [3.05, 3.63) is 40.4 Å². The van der Waals surface area contributed by atoms with Crippen molar-refractivity contribution in [2.24, 2.45) is 0 Å². The number of fused-ring (bicyclic) bond motifs is 2. The molecule has 1 aliphatic carbocycles. The second-order valence-electron chi connectivity index (χ2n) is 5.42. The van der Waals surface area contributed by atoms with Gasteiger partial charge in [-0.25, -0.2) is 0 Å². The van der Waals surface area contributed by atoms with Crippen LogP contribution in [0.25, 0.3) is 11.0 Å². The maximum atomic E-state index is 12.7. The van der Waals surface area contributed by atoms with Gasteiger partial charge in [0.15, 0.2) is 17.1 Å². The van der Waals surface area contributed by atoms with Crippen LogP contribution in [-0.2, 0) is 4.74 Å². The van der Waals surface area contributed by atoms with E-state index < -0.39 is 0 Å². The molecule has 0 saturated carbocycles. The van der Waals surface area contributed by atoms with Crippen molar-refractivity contribution in [3.8, 4) is 5.75 Å². The molecule has 0 bridgehead atoms. The lowest BCUT2D eigenvalue weighted by atomic mass is 9.82. The van der Waals surface area contributed by atoms with Gasteiger partial charge in [-0.2, -0.15) is 0 Å². The van der Waals surface area contributed by atoms with Crippen LogP contribution in [0.4, 0.5) is 0 Å². The molecule has 0 radical (unpaired) electrons. The molecule has 0 fully saturated rings. The number of hydrogen-bond donors (Lipinski definition) is 0.